The molecule has 3 atom stereocenters. The maximum atomic E-state index is 11.9. The van der Waals surface area contributed by atoms with Gasteiger partial charge in [0.1, 0.15) is 17.9 Å². The van der Waals surface area contributed by atoms with E-state index in [1.165, 1.54) is 0 Å². The molecule has 5 N–H and O–H groups in total. The van der Waals surface area contributed by atoms with E-state index >= 15 is 0 Å². The highest BCUT2D eigenvalue weighted by atomic mass is 31.2. The molecule has 3 unspecified atom stereocenters. The summed E-state index contributed by atoms with van der Waals surface area (Å²) in [6.45, 7) is -0.743. The summed E-state index contributed by atoms with van der Waals surface area (Å²) < 4.78 is 21.1. The number of aromatic nitrogens is 2. The molecule has 25 heavy (non-hydrogen) atoms. The number of nitrogens with one attached hydrogen (secondary N) is 1. The molecule has 1 fully saturated rings. The van der Waals surface area contributed by atoms with Gasteiger partial charge in [-0.3, -0.25) is 18.9 Å². The summed E-state index contributed by atoms with van der Waals surface area (Å²) in [5.74, 6) is 4.97. The third-order valence-electron chi connectivity index (χ3n) is 3.37. The van der Waals surface area contributed by atoms with Crippen molar-refractivity contribution in [3.63, 3.8) is 0 Å². The summed E-state index contributed by atoms with van der Waals surface area (Å²) in [6, 6.07) is 0. The number of nitrogens with zero attached hydrogens (tertiary/aromatic N) is 1. The number of phosphoric ester groups is 1. The Hall–Kier alpha value is -1.77. The van der Waals surface area contributed by atoms with E-state index < -0.39 is 44.1 Å². The van der Waals surface area contributed by atoms with E-state index in [-0.39, 0.29) is 25.0 Å². The normalized spacial score (nSPS) is 23.3. The maximum absolute atomic E-state index is 11.9. The number of hydrogen-bond donors (Lipinski definition) is 5. The van der Waals surface area contributed by atoms with Gasteiger partial charge in [-0.15, -0.1) is 0 Å². The Kier molecular flexibility index (Phi) is 6.31. The number of aromatic amines is 1. The molecule has 138 valence electrons. The minimum atomic E-state index is -4.57. The number of ether oxygens (including phenoxy) is 1. The highest BCUT2D eigenvalue weighted by Crippen LogP contribution is 2.35. The molecule has 0 radical (unpaired) electrons. The van der Waals surface area contributed by atoms with Crippen molar-refractivity contribution >= 4 is 7.82 Å². The van der Waals surface area contributed by atoms with E-state index in [0.29, 0.717) is 0 Å². The molecule has 1 saturated heterocycles. The van der Waals surface area contributed by atoms with Gasteiger partial charge in [-0.05, 0) is 0 Å². The zero-order valence-electron chi connectivity index (χ0n) is 12.9. The number of hydrogen-bond acceptors (Lipinski definition) is 7. The summed E-state index contributed by atoms with van der Waals surface area (Å²) in [5, 5.41) is 18.8. The van der Waals surface area contributed by atoms with Crippen LogP contribution in [0.2, 0.25) is 0 Å². The second-order valence-electron chi connectivity index (χ2n) is 5.20. The lowest BCUT2D eigenvalue weighted by molar-refractivity contribution is -0.0459. The number of phosphoric acid groups is 1. The zero-order chi connectivity index (χ0) is 18.6. The SMILES string of the molecule is O=c1[nH]c(=O)n(C2CC(O)C(CO)O2)cc1C#CCCOP(=O)(O)O. The van der Waals surface area contributed by atoms with Crippen LogP contribution in [0.5, 0.6) is 0 Å². The molecule has 0 aliphatic carbocycles. The van der Waals surface area contributed by atoms with Gasteiger partial charge in [0.25, 0.3) is 5.56 Å². The van der Waals surface area contributed by atoms with Crippen LogP contribution in [0.1, 0.15) is 24.6 Å². The molecule has 0 spiro atoms. The summed E-state index contributed by atoms with van der Waals surface area (Å²) >= 11 is 0. The third kappa shape index (κ3) is 5.35. The average molecular weight is 376 g/mol. The standard InChI is InChI=1S/C13H17N2O9P/c16-7-10-9(17)5-11(24-10)15-6-8(12(18)14-13(15)19)3-1-2-4-23-25(20,21)22/h6,9-11,16-17H,2,4-5,7H2,(H,14,18,19)(H2,20,21,22). The van der Waals surface area contributed by atoms with Crippen LogP contribution in [0, 0.1) is 11.8 Å². The molecule has 1 aliphatic heterocycles. The second-order valence-corrected chi connectivity index (χ2v) is 6.44. The monoisotopic (exact) mass is 376 g/mol. The van der Waals surface area contributed by atoms with Crippen molar-refractivity contribution in [1.29, 1.82) is 0 Å². The molecule has 1 aromatic heterocycles. The van der Waals surface area contributed by atoms with Gasteiger partial charge in [0.2, 0.25) is 0 Å². The predicted octanol–water partition coefficient (Wildman–Crippen LogP) is -1.97. The minimum absolute atomic E-state index is 0.0467. The Morgan fingerprint density at radius 2 is 2.16 bits per heavy atom. The Balaban J connectivity index is 2.15. The molecule has 1 aromatic rings. The number of aliphatic hydroxyl groups excluding tert-OH is 2. The topological polar surface area (TPSA) is 171 Å². The van der Waals surface area contributed by atoms with Gasteiger partial charge in [0, 0.05) is 19.0 Å². The van der Waals surface area contributed by atoms with Crippen molar-refractivity contribution in [2.75, 3.05) is 13.2 Å². The van der Waals surface area contributed by atoms with Crippen molar-refractivity contribution < 1.29 is 33.8 Å². The van der Waals surface area contributed by atoms with Crippen molar-refractivity contribution in [3.05, 3.63) is 32.6 Å². The van der Waals surface area contributed by atoms with Crippen LogP contribution < -0.4 is 11.2 Å². The fourth-order valence-electron chi connectivity index (χ4n) is 2.21. The van der Waals surface area contributed by atoms with Gasteiger partial charge in [-0.25, -0.2) is 9.36 Å². The van der Waals surface area contributed by atoms with Crippen molar-refractivity contribution in [2.45, 2.75) is 31.3 Å². The molecule has 0 saturated carbocycles. The molecular formula is C13H17N2O9P. The smallest absolute Gasteiger partial charge is 0.394 e. The van der Waals surface area contributed by atoms with Gasteiger partial charge in [0.05, 0.1) is 19.3 Å². The Morgan fingerprint density at radius 1 is 1.44 bits per heavy atom. The fraction of sp³-hybridized carbons (Fsp3) is 0.538. The van der Waals surface area contributed by atoms with Gasteiger partial charge in [-0.1, -0.05) is 11.8 Å². The maximum Gasteiger partial charge on any atom is 0.469 e. The van der Waals surface area contributed by atoms with E-state index in [2.05, 4.69) is 21.3 Å². The first kappa shape index (κ1) is 19.6. The van der Waals surface area contributed by atoms with Gasteiger partial charge >= 0.3 is 13.5 Å². The first-order chi connectivity index (χ1) is 11.7. The number of rotatable bonds is 5. The molecule has 0 bridgehead atoms. The molecule has 1 aliphatic rings. The third-order valence-corrected chi connectivity index (χ3v) is 3.89. The summed E-state index contributed by atoms with van der Waals surface area (Å²) in [6.07, 6.45) is -1.48. The highest BCUT2D eigenvalue weighted by molar-refractivity contribution is 7.46. The van der Waals surface area contributed by atoms with Crippen LogP contribution in [0.4, 0.5) is 0 Å². The minimum Gasteiger partial charge on any atom is -0.394 e. The van der Waals surface area contributed by atoms with Crippen LogP contribution in [-0.4, -0.2) is 55.0 Å². The Bertz CT molecular complexity index is 830. The lowest BCUT2D eigenvalue weighted by Gasteiger charge is -2.14. The molecule has 2 rings (SSSR count). The van der Waals surface area contributed by atoms with Crippen molar-refractivity contribution in [3.8, 4) is 11.8 Å². The molecular weight excluding hydrogens is 359 g/mol. The zero-order valence-corrected chi connectivity index (χ0v) is 13.8. The Morgan fingerprint density at radius 3 is 2.76 bits per heavy atom. The highest BCUT2D eigenvalue weighted by Gasteiger charge is 2.35. The molecule has 12 heteroatoms. The van der Waals surface area contributed by atoms with E-state index in [1.54, 1.807) is 0 Å². The van der Waals surface area contributed by atoms with Crippen molar-refractivity contribution in [2.24, 2.45) is 0 Å². The number of H-pyrrole nitrogens is 1. The van der Waals surface area contributed by atoms with E-state index in [4.69, 9.17) is 19.6 Å². The van der Waals surface area contributed by atoms with Crippen LogP contribution in [0.3, 0.4) is 0 Å². The van der Waals surface area contributed by atoms with Crippen LogP contribution >= 0.6 is 7.82 Å². The molecule has 11 nitrogen and oxygen atoms in total. The average Bonchev–Trinajstić information content (AvgIpc) is 2.88. The van der Waals surface area contributed by atoms with Gasteiger partial charge < -0.3 is 24.7 Å². The van der Waals surface area contributed by atoms with Gasteiger partial charge in [0.15, 0.2) is 0 Å². The van der Waals surface area contributed by atoms with Crippen LogP contribution in [-0.2, 0) is 13.8 Å². The quantitative estimate of drug-likeness (QED) is 0.222. The first-order valence-corrected chi connectivity index (χ1v) is 8.73. The summed E-state index contributed by atoms with van der Waals surface area (Å²) in [5.41, 5.74) is -1.56. The molecule has 0 aromatic carbocycles. The number of aliphatic hydroxyl groups is 2. The Labute approximate surface area is 141 Å². The predicted molar refractivity (Wildman–Crippen MR) is 82.4 cm³/mol. The van der Waals surface area contributed by atoms with Gasteiger partial charge in [-0.2, -0.15) is 0 Å². The molecule has 2 heterocycles. The summed E-state index contributed by atoms with van der Waals surface area (Å²) in [4.78, 5) is 42.8. The lowest BCUT2D eigenvalue weighted by Crippen LogP contribution is -2.33. The van der Waals surface area contributed by atoms with E-state index in [1.807, 2.05) is 0 Å². The second kappa shape index (κ2) is 8.07. The van der Waals surface area contributed by atoms with Crippen LogP contribution in [0.25, 0.3) is 0 Å². The largest absolute Gasteiger partial charge is 0.469 e. The first-order valence-electron chi connectivity index (χ1n) is 7.20. The van der Waals surface area contributed by atoms with Crippen LogP contribution in [0.15, 0.2) is 15.8 Å². The lowest BCUT2D eigenvalue weighted by atomic mass is 10.2. The fourth-order valence-corrected chi connectivity index (χ4v) is 2.54. The summed E-state index contributed by atoms with van der Waals surface area (Å²) in [7, 11) is -4.57. The van der Waals surface area contributed by atoms with Crippen molar-refractivity contribution in [1.82, 2.24) is 9.55 Å². The van der Waals surface area contributed by atoms with E-state index in [0.717, 1.165) is 10.8 Å². The van der Waals surface area contributed by atoms with E-state index in [9.17, 15) is 19.3 Å². The molecule has 0 amide bonds.